The van der Waals surface area contributed by atoms with Gasteiger partial charge in [0.05, 0.1) is 28.1 Å². The van der Waals surface area contributed by atoms with Gasteiger partial charge in [-0.15, -0.1) is 11.3 Å². The molecule has 230 valence electrons. The number of amides is 1. The minimum atomic E-state index is -0.695. The van der Waals surface area contributed by atoms with Gasteiger partial charge in [0.1, 0.15) is 33.9 Å². The fraction of sp³-hybridized carbons (Fsp3) is 0.367. The Labute approximate surface area is 262 Å². The lowest BCUT2D eigenvalue weighted by Crippen LogP contribution is -2.44. The van der Waals surface area contributed by atoms with E-state index in [4.69, 9.17) is 27.3 Å². The van der Waals surface area contributed by atoms with Crippen molar-refractivity contribution in [2.75, 3.05) is 51.0 Å². The van der Waals surface area contributed by atoms with Gasteiger partial charge in [0.25, 0.3) is 5.91 Å². The highest BCUT2D eigenvalue weighted by molar-refractivity contribution is 7.17. The maximum Gasteiger partial charge on any atom is 0.319 e. The lowest BCUT2D eigenvalue weighted by Gasteiger charge is -2.34. The molecule has 1 saturated heterocycles. The number of nitriles is 1. The van der Waals surface area contributed by atoms with E-state index in [0.717, 1.165) is 30.3 Å². The van der Waals surface area contributed by atoms with Gasteiger partial charge in [0.15, 0.2) is 5.82 Å². The van der Waals surface area contributed by atoms with Crippen LogP contribution in [0.15, 0.2) is 29.4 Å². The molecule has 2 aliphatic heterocycles. The predicted octanol–water partition coefficient (Wildman–Crippen LogP) is 5.48. The van der Waals surface area contributed by atoms with E-state index < -0.39 is 11.6 Å². The molecule has 14 heteroatoms. The quantitative estimate of drug-likeness (QED) is 0.337. The molecule has 4 heterocycles. The molecule has 2 N–H and O–H groups in total. The number of carbonyl (C=O) groups is 1. The van der Waals surface area contributed by atoms with E-state index in [1.54, 1.807) is 27.1 Å². The zero-order valence-corrected chi connectivity index (χ0v) is 26.1. The molecule has 10 nitrogen and oxygen atoms in total. The lowest BCUT2D eigenvalue weighted by atomic mass is 10.0. The van der Waals surface area contributed by atoms with Crippen LogP contribution in [0.3, 0.4) is 0 Å². The van der Waals surface area contributed by atoms with Crippen molar-refractivity contribution < 1.29 is 18.3 Å². The Kier molecular flexibility index (Phi) is 9.31. The molecule has 0 aliphatic carbocycles. The van der Waals surface area contributed by atoms with E-state index in [0.29, 0.717) is 43.0 Å². The summed E-state index contributed by atoms with van der Waals surface area (Å²) in [6.45, 7) is 3.90. The SMILES string of the molecule is CCOc1nc(N2CCCN3N=C(C(=O)N(C)C)CCC3C2)c2cc(Cl)c(/C=C/C=C(/F)c3cc(C#N)c(N)s3)c(F)c2n1. The number of hydrogen-bond donors (Lipinski definition) is 1. The molecule has 5 rings (SSSR count). The third kappa shape index (κ3) is 6.32. The maximum absolute atomic E-state index is 16.1. The summed E-state index contributed by atoms with van der Waals surface area (Å²) in [6.07, 6.45) is 5.88. The number of carbonyl (C=O) groups excluding carboxylic acids is 1. The number of anilines is 2. The molecule has 1 unspecified atom stereocenters. The second kappa shape index (κ2) is 13.2. The van der Waals surface area contributed by atoms with Crippen LogP contribution in [-0.2, 0) is 4.79 Å². The number of hydrogen-bond acceptors (Lipinski definition) is 10. The monoisotopic (exact) mass is 640 g/mol. The number of hydrazone groups is 1. The van der Waals surface area contributed by atoms with Crippen molar-refractivity contribution >= 4 is 68.2 Å². The molecule has 0 saturated carbocycles. The van der Waals surface area contributed by atoms with E-state index >= 15 is 4.39 Å². The summed E-state index contributed by atoms with van der Waals surface area (Å²) < 4.78 is 36.4. The molecule has 2 aliphatic rings. The van der Waals surface area contributed by atoms with Gasteiger partial charge >= 0.3 is 6.01 Å². The van der Waals surface area contributed by atoms with Crippen molar-refractivity contribution in [3.8, 4) is 12.1 Å². The first-order valence-corrected chi connectivity index (χ1v) is 15.3. The van der Waals surface area contributed by atoms with Gasteiger partial charge in [-0.1, -0.05) is 23.8 Å². The van der Waals surface area contributed by atoms with Crippen LogP contribution < -0.4 is 15.4 Å². The van der Waals surface area contributed by atoms with Gasteiger partial charge in [0.2, 0.25) is 0 Å². The Morgan fingerprint density at radius 1 is 1.34 bits per heavy atom. The summed E-state index contributed by atoms with van der Waals surface area (Å²) in [7, 11) is 3.43. The van der Waals surface area contributed by atoms with Crippen LogP contribution in [0, 0.1) is 17.1 Å². The van der Waals surface area contributed by atoms with Crippen LogP contribution in [0.2, 0.25) is 5.02 Å². The number of halogens is 3. The van der Waals surface area contributed by atoms with E-state index in [-0.39, 0.29) is 56.1 Å². The summed E-state index contributed by atoms with van der Waals surface area (Å²) in [5.41, 5.74) is 6.53. The zero-order chi connectivity index (χ0) is 31.5. The second-order valence-electron chi connectivity index (χ2n) is 10.5. The molecule has 1 atom stereocenters. The first-order valence-electron chi connectivity index (χ1n) is 14.1. The van der Waals surface area contributed by atoms with Gasteiger partial charge in [0, 0.05) is 44.7 Å². The van der Waals surface area contributed by atoms with Gasteiger partial charge in [-0.25, -0.2) is 8.78 Å². The molecular weight excluding hydrogens is 610 g/mol. The number of ether oxygens (including phenoxy) is 1. The minimum absolute atomic E-state index is 0.0262. The number of allylic oxidation sites excluding steroid dienone is 2. The number of nitrogen functional groups attached to an aromatic ring is 1. The van der Waals surface area contributed by atoms with E-state index in [2.05, 4.69) is 20.0 Å². The molecule has 1 fully saturated rings. The minimum Gasteiger partial charge on any atom is -0.464 e. The van der Waals surface area contributed by atoms with E-state index in [9.17, 15) is 9.18 Å². The highest BCUT2D eigenvalue weighted by Gasteiger charge is 2.32. The molecule has 2 aromatic heterocycles. The standard InChI is InChI=1S/C30H31ClF2N8O2S/c1-4-43-30-36-26-20(14-21(31)19(25(26)33)7-5-8-22(32)24-13-17(15-34)27(35)44-24)28(37-30)40-11-6-12-41-18(16-40)9-10-23(38-41)29(42)39(2)3/h5,7-8,13-14,18H,4,6,9-12,16,35H2,1-3H3/b7-5+,22-8+. The highest BCUT2D eigenvalue weighted by atomic mass is 35.5. The number of rotatable bonds is 7. The third-order valence-electron chi connectivity index (χ3n) is 7.36. The molecule has 0 bridgehead atoms. The molecule has 3 aromatic rings. The first-order chi connectivity index (χ1) is 21.1. The smallest absolute Gasteiger partial charge is 0.319 e. The summed E-state index contributed by atoms with van der Waals surface area (Å²) in [4.78, 5) is 25.3. The average molecular weight is 641 g/mol. The summed E-state index contributed by atoms with van der Waals surface area (Å²) in [5, 5.41) is 16.5. The van der Waals surface area contributed by atoms with Crippen molar-refractivity contribution in [1.82, 2.24) is 19.9 Å². The molecule has 44 heavy (non-hydrogen) atoms. The fourth-order valence-electron chi connectivity index (χ4n) is 5.21. The summed E-state index contributed by atoms with van der Waals surface area (Å²) in [6, 6.07) is 4.95. The Balaban J connectivity index is 1.48. The highest BCUT2D eigenvalue weighted by Crippen LogP contribution is 2.36. The van der Waals surface area contributed by atoms with Crippen LogP contribution in [0.25, 0.3) is 22.8 Å². The van der Waals surface area contributed by atoms with Crippen LogP contribution >= 0.6 is 22.9 Å². The molecule has 1 aromatic carbocycles. The van der Waals surface area contributed by atoms with Crippen LogP contribution in [-0.4, -0.2) is 77.9 Å². The van der Waals surface area contributed by atoms with Crippen molar-refractivity contribution in [2.24, 2.45) is 5.10 Å². The Morgan fingerprint density at radius 2 is 2.14 bits per heavy atom. The normalized spacial score (nSPS) is 17.3. The Hall–Kier alpha value is -4.28. The summed E-state index contributed by atoms with van der Waals surface area (Å²) >= 11 is 7.54. The predicted molar refractivity (Wildman–Crippen MR) is 170 cm³/mol. The average Bonchev–Trinajstić information content (AvgIpc) is 3.25. The van der Waals surface area contributed by atoms with Crippen molar-refractivity contribution in [2.45, 2.75) is 32.2 Å². The number of aromatic nitrogens is 2. The van der Waals surface area contributed by atoms with Gasteiger partial charge < -0.3 is 20.3 Å². The molecule has 0 radical (unpaired) electrons. The van der Waals surface area contributed by atoms with Crippen LogP contribution in [0.5, 0.6) is 6.01 Å². The van der Waals surface area contributed by atoms with Crippen LogP contribution in [0.4, 0.5) is 19.6 Å². The molecule has 1 amide bonds. The summed E-state index contributed by atoms with van der Waals surface area (Å²) in [5.74, 6) is -0.920. The van der Waals surface area contributed by atoms with Gasteiger partial charge in [-0.2, -0.15) is 20.3 Å². The Morgan fingerprint density at radius 3 is 2.84 bits per heavy atom. The zero-order valence-electron chi connectivity index (χ0n) is 24.5. The third-order valence-corrected chi connectivity index (χ3v) is 8.64. The number of fused-ring (bicyclic) bond motifs is 2. The van der Waals surface area contributed by atoms with Crippen molar-refractivity contribution in [1.29, 1.82) is 5.26 Å². The largest absolute Gasteiger partial charge is 0.464 e. The number of nitrogens with two attached hydrogens (primary N) is 1. The van der Waals surface area contributed by atoms with Crippen LogP contribution in [0.1, 0.15) is 42.2 Å². The molecule has 0 spiro atoms. The Bertz CT molecular complexity index is 1730. The van der Waals surface area contributed by atoms with Gasteiger partial charge in [-0.3, -0.25) is 9.80 Å². The molecular formula is C30H31ClF2N8O2S. The van der Waals surface area contributed by atoms with Crippen molar-refractivity contribution in [3.05, 3.63) is 51.1 Å². The van der Waals surface area contributed by atoms with Crippen molar-refractivity contribution in [3.63, 3.8) is 0 Å². The van der Waals surface area contributed by atoms with Gasteiger partial charge in [-0.05, 0) is 44.4 Å². The fourth-order valence-corrected chi connectivity index (χ4v) is 6.26. The number of benzene rings is 1. The van der Waals surface area contributed by atoms with E-state index in [1.807, 2.05) is 11.1 Å². The number of thiophene rings is 1. The maximum atomic E-state index is 16.1. The lowest BCUT2D eigenvalue weighted by molar-refractivity contribution is -0.122. The first kappa shape index (κ1) is 31.2. The topological polar surface area (TPSA) is 124 Å². The van der Waals surface area contributed by atoms with E-state index in [1.165, 1.54) is 23.1 Å². The number of nitrogens with zero attached hydrogens (tertiary/aromatic N) is 7. The second-order valence-corrected chi connectivity index (χ2v) is 12.0.